The van der Waals surface area contributed by atoms with Crippen LogP contribution < -0.4 is 5.32 Å². The van der Waals surface area contributed by atoms with Gasteiger partial charge in [0.25, 0.3) is 17.7 Å². The molecule has 8 nitrogen and oxygen atoms in total. The number of ether oxygens (including phenoxy) is 1. The van der Waals surface area contributed by atoms with E-state index in [0.717, 1.165) is 38.5 Å². The number of carbonyl (C=O) groups excluding carboxylic acids is 4. The standard InChI is InChI=1S/C24H31N3O5/c1-2-3-10-25-21(28)17-6-4-11-26(14-17)22(29)16-8-9-19-20(13-16)24(31)27(23(19)30)15-18-7-5-12-32-18/h8-9,13,17-18H,2-7,10-12,14-15H2,1H3,(H,25,28). The fourth-order valence-electron chi connectivity index (χ4n) is 4.67. The van der Waals surface area contributed by atoms with Crippen molar-refractivity contribution in [3.63, 3.8) is 0 Å². The van der Waals surface area contributed by atoms with Crippen LogP contribution in [0.5, 0.6) is 0 Å². The van der Waals surface area contributed by atoms with Gasteiger partial charge in [-0.15, -0.1) is 0 Å². The molecule has 4 rings (SSSR count). The summed E-state index contributed by atoms with van der Waals surface area (Å²) in [5.41, 5.74) is 0.969. The molecule has 4 amide bonds. The van der Waals surface area contributed by atoms with E-state index < -0.39 is 0 Å². The molecule has 2 unspecified atom stereocenters. The summed E-state index contributed by atoms with van der Waals surface area (Å²) in [6, 6.07) is 4.70. The zero-order chi connectivity index (χ0) is 22.7. The largest absolute Gasteiger partial charge is 0.376 e. The summed E-state index contributed by atoms with van der Waals surface area (Å²) < 4.78 is 5.57. The summed E-state index contributed by atoms with van der Waals surface area (Å²) >= 11 is 0. The molecule has 172 valence electrons. The number of fused-ring (bicyclic) bond motifs is 1. The summed E-state index contributed by atoms with van der Waals surface area (Å²) in [6.07, 6.45) is 5.12. The minimum atomic E-state index is -0.373. The Morgan fingerprint density at radius 2 is 1.94 bits per heavy atom. The van der Waals surface area contributed by atoms with E-state index in [0.29, 0.717) is 37.4 Å². The van der Waals surface area contributed by atoms with Gasteiger partial charge in [0.2, 0.25) is 5.91 Å². The number of nitrogens with zero attached hydrogens (tertiary/aromatic N) is 2. The van der Waals surface area contributed by atoms with Crippen molar-refractivity contribution in [1.29, 1.82) is 0 Å². The summed E-state index contributed by atoms with van der Waals surface area (Å²) in [5.74, 6) is -1.14. The van der Waals surface area contributed by atoms with Crippen molar-refractivity contribution >= 4 is 23.6 Å². The van der Waals surface area contributed by atoms with Gasteiger partial charge in [-0.05, 0) is 50.3 Å². The number of rotatable bonds is 7. The van der Waals surface area contributed by atoms with E-state index in [1.165, 1.54) is 11.0 Å². The molecule has 0 bridgehead atoms. The second-order valence-corrected chi connectivity index (χ2v) is 8.85. The molecule has 1 aromatic carbocycles. The zero-order valence-electron chi connectivity index (χ0n) is 18.6. The molecule has 2 fully saturated rings. The molecule has 8 heteroatoms. The maximum Gasteiger partial charge on any atom is 0.261 e. The summed E-state index contributed by atoms with van der Waals surface area (Å²) in [5, 5.41) is 2.96. The minimum Gasteiger partial charge on any atom is -0.376 e. The number of amides is 4. The zero-order valence-corrected chi connectivity index (χ0v) is 18.6. The quantitative estimate of drug-likeness (QED) is 0.517. The Bertz CT molecular complexity index is 909. The number of piperidine rings is 1. The molecule has 0 aliphatic carbocycles. The molecule has 0 aromatic heterocycles. The second-order valence-electron chi connectivity index (χ2n) is 8.85. The number of imide groups is 1. The van der Waals surface area contributed by atoms with E-state index in [-0.39, 0.29) is 47.8 Å². The van der Waals surface area contributed by atoms with Gasteiger partial charge >= 0.3 is 0 Å². The van der Waals surface area contributed by atoms with Crippen LogP contribution in [0, 0.1) is 5.92 Å². The van der Waals surface area contributed by atoms with E-state index in [1.807, 2.05) is 0 Å². The number of hydrogen-bond donors (Lipinski definition) is 1. The summed E-state index contributed by atoms with van der Waals surface area (Å²) in [4.78, 5) is 54.1. The fourth-order valence-corrected chi connectivity index (χ4v) is 4.67. The van der Waals surface area contributed by atoms with Gasteiger partial charge in [0, 0.05) is 31.8 Å². The van der Waals surface area contributed by atoms with Gasteiger partial charge in [0.1, 0.15) is 0 Å². The number of unbranched alkanes of at least 4 members (excludes halogenated alkanes) is 1. The smallest absolute Gasteiger partial charge is 0.261 e. The molecule has 1 N–H and O–H groups in total. The Hall–Kier alpha value is -2.74. The van der Waals surface area contributed by atoms with Crippen LogP contribution in [0.25, 0.3) is 0 Å². The Kier molecular flexibility index (Phi) is 6.89. The first-order chi connectivity index (χ1) is 15.5. The lowest BCUT2D eigenvalue weighted by atomic mass is 9.96. The van der Waals surface area contributed by atoms with E-state index in [9.17, 15) is 19.2 Å². The third-order valence-electron chi connectivity index (χ3n) is 6.54. The van der Waals surface area contributed by atoms with E-state index in [1.54, 1.807) is 17.0 Å². The van der Waals surface area contributed by atoms with Crippen LogP contribution in [0.3, 0.4) is 0 Å². The highest BCUT2D eigenvalue weighted by atomic mass is 16.5. The Morgan fingerprint density at radius 3 is 2.69 bits per heavy atom. The highest BCUT2D eigenvalue weighted by Crippen LogP contribution is 2.27. The maximum absolute atomic E-state index is 13.1. The fraction of sp³-hybridized carbons (Fsp3) is 0.583. The first-order valence-corrected chi connectivity index (χ1v) is 11.7. The van der Waals surface area contributed by atoms with Gasteiger partial charge in [0.15, 0.2) is 0 Å². The van der Waals surface area contributed by atoms with Crippen molar-refractivity contribution in [2.24, 2.45) is 5.92 Å². The lowest BCUT2D eigenvalue weighted by Gasteiger charge is -2.32. The number of likely N-dealkylation sites (tertiary alicyclic amines) is 1. The Labute approximate surface area is 188 Å². The Balaban J connectivity index is 1.43. The number of benzene rings is 1. The van der Waals surface area contributed by atoms with Crippen LogP contribution in [-0.4, -0.2) is 72.3 Å². The second kappa shape index (κ2) is 9.81. The lowest BCUT2D eigenvalue weighted by molar-refractivity contribution is -0.126. The van der Waals surface area contributed by atoms with E-state index in [4.69, 9.17) is 4.74 Å². The van der Waals surface area contributed by atoms with Gasteiger partial charge in [-0.2, -0.15) is 0 Å². The van der Waals surface area contributed by atoms with Crippen molar-refractivity contribution in [2.75, 3.05) is 32.8 Å². The van der Waals surface area contributed by atoms with Crippen molar-refractivity contribution in [3.8, 4) is 0 Å². The molecule has 0 radical (unpaired) electrons. The first kappa shape index (κ1) is 22.5. The topological polar surface area (TPSA) is 96.0 Å². The van der Waals surface area contributed by atoms with Crippen molar-refractivity contribution in [1.82, 2.24) is 15.1 Å². The number of nitrogens with one attached hydrogen (secondary N) is 1. The van der Waals surface area contributed by atoms with Crippen molar-refractivity contribution in [3.05, 3.63) is 34.9 Å². The molecule has 0 saturated carbocycles. The molecular weight excluding hydrogens is 410 g/mol. The molecule has 3 aliphatic heterocycles. The van der Waals surface area contributed by atoms with E-state index >= 15 is 0 Å². The van der Waals surface area contributed by atoms with Crippen LogP contribution >= 0.6 is 0 Å². The normalized spacial score (nSPS) is 22.9. The lowest BCUT2D eigenvalue weighted by Crippen LogP contribution is -2.45. The summed E-state index contributed by atoms with van der Waals surface area (Å²) in [6.45, 7) is 4.57. The number of carbonyl (C=O) groups is 4. The van der Waals surface area contributed by atoms with Gasteiger partial charge in [-0.1, -0.05) is 13.3 Å². The molecule has 2 atom stereocenters. The van der Waals surface area contributed by atoms with Crippen LogP contribution in [0.15, 0.2) is 18.2 Å². The third-order valence-corrected chi connectivity index (χ3v) is 6.54. The molecule has 3 aliphatic rings. The van der Waals surface area contributed by atoms with Crippen LogP contribution in [0.4, 0.5) is 0 Å². The van der Waals surface area contributed by atoms with Gasteiger partial charge < -0.3 is 15.0 Å². The molecular formula is C24H31N3O5. The molecule has 3 heterocycles. The number of hydrogen-bond acceptors (Lipinski definition) is 5. The Morgan fingerprint density at radius 1 is 1.12 bits per heavy atom. The molecule has 32 heavy (non-hydrogen) atoms. The minimum absolute atomic E-state index is 0.00421. The van der Waals surface area contributed by atoms with Crippen molar-refractivity contribution in [2.45, 2.75) is 51.6 Å². The van der Waals surface area contributed by atoms with Gasteiger partial charge in [-0.25, -0.2) is 0 Å². The first-order valence-electron chi connectivity index (χ1n) is 11.7. The van der Waals surface area contributed by atoms with Gasteiger partial charge in [0.05, 0.1) is 29.7 Å². The molecule has 0 spiro atoms. The van der Waals surface area contributed by atoms with Gasteiger partial charge in [-0.3, -0.25) is 24.1 Å². The SMILES string of the molecule is CCCCNC(=O)C1CCCN(C(=O)c2ccc3c(c2)C(=O)N(CC2CCCO2)C3=O)C1. The van der Waals surface area contributed by atoms with Crippen LogP contribution in [0.2, 0.25) is 0 Å². The molecule has 2 saturated heterocycles. The average molecular weight is 442 g/mol. The average Bonchev–Trinajstić information content (AvgIpc) is 3.41. The highest BCUT2D eigenvalue weighted by Gasteiger charge is 2.38. The predicted octanol–water partition coefficient (Wildman–Crippen LogP) is 2.23. The monoisotopic (exact) mass is 441 g/mol. The van der Waals surface area contributed by atoms with Crippen LogP contribution in [-0.2, 0) is 9.53 Å². The van der Waals surface area contributed by atoms with Crippen molar-refractivity contribution < 1.29 is 23.9 Å². The maximum atomic E-state index is 13.1. The summed E-state index contributed by atoms with van der Waals surface area (Å²) in [7, 11) is 0. The van der Waals surface area contributed by atoms with E-state index in [2.05, 4.69) is 12.2 Å². The highest BCUT2D eigenvalue weighted by molar-refractivity contribution is 6.22. The van der Waals surface area contributed by atoms with Crippen LogP contribution in [0.1, 0.15) is 76.5 Å². The predicted molar refractivity (Wildman–Crippen MR) is 117 cm³/mol. The molecule has 1 aromatic rings. The third kappa shape index (κ3) is 4.55.